The maximum atomic E-state index is 13.3. The van der Waals surface area contributed by atoms with E-state index in [4.69, 9.17) is 20.4 Å². The van der Waals surface area contributed by atoms with Gasteiger partial charge in [0.1, 0.15) is 17.0 Å². The van der Waals surface area contributed by atoms with Crippen LogP contribution < -0.4 is 10.5 Å². The van der Waals surface area contributed by atoms with E-state index in [1.807, 2.05) is 21.4 Å². The number of nitrogens with two attached hydrogens (primary N) is 1. The molecule has 1 unspecified atom stereocenters. The second-order valence-corrected chi connectivity index (χ2v) is 11.7. The molecule has 0 radical (unpaired) electrons. The molecule has 42 heavy (non-hydrogen) atoms. The Bertz CT molecular complexity index is 1620. The number of amides is 2. The lowest BCUT2D eigenvalue weighted by atomic mass is 10.1. The monoisotopic (exact) mass is 573 g/mol. The van der Waals surface area contributed by atoms with Crippen LogP contribution in [0, 0.1) is 12.8 Å². The first-order valence-electron chi connectivity index (χ1n) is 14.9. The van der Waals surface area contributed by atoms with Crippen LogP contribution in [0.3, 0.4) is 0 Å². The highest BCUT2D eigenvalue weighted by molar-refractivity contribution is 5.96. The predicted octanol–water partition coefficient (Wildman–Crippen LogP) is 4.30. The third-order valence-corrected chi connectivity index (χ3v) is 8.29. The fraction of sp³-hybridized carbons (Fsp3) is 0.500. The lowest BCUT2D eigenvalue weighted by Gasteiger charge is -2.30. The van der Waals surface area contributed by atoms with Crippen molar-refractivity contribution in [2.45, 2.75) is 65.5 Å². The summed E-state index contributed by atoms with van der Waals surface area (Å²) in [4.78, 5) is 36.8. The highest BCUT2D eigenvalue weighted by Crippen LogP contribution is 2.37. The number of likely N-dealkylation sites (tertiary alicyclic amines) is 1. The summed E-state index contributed by atoms with van der Waals surface area (Å²) in [5.41, 5.74) is 12.5. The van der Waals surface area contributed by atoms with Gasteiger partial charge in [0, 0.05) is 69.4 Å². The molecule has 10 heteroatoms. The molecule has 224 valence electrons. The zero-order valence-corrected chi connectivity index (χ0v) is 25.7. The van der Waals surface area contributed by atoms with Gasteiger partial charge in [-0.1, -0.05) is 6.92 Å². The molecule has 0 aromatic carbocycles. The minimum atomic E-state index is -0.0210. The minimum absolute atomic E-state index is 0.0210. The molecule has 1 atom stereocenters. The number of hydrogen-bond donors (Lipinski definition) is 1. The van der Waals surface area contributed by atoms with Crippen molar-refractivity contribution >= 4 is 28.5 Å². The first-order valence-corrected chi connectivity index (χ1v) is 14.9. The molecule has 2 N–H and O–H groups in total. The van der Waals surface area contributed by atoms with E-state index in [9.17, 15) is 9.59 Å². The molecule has 0 spiro atoms. The van der Waals surface area contributed by atoms with Crippen molar-refractivity contribution in [3.63, 3.8) is 0 Å². The number of aryl methyl sites for hydroxylation is 2. The van der Waals surface area contributed by atoms with Crippen LogP contribution in [-0.2, 0) is 17.8 Å². The number of hydrogen-bond acceptors (Lipinski definition) is 6. The van der Waals surface area contributed by atoms with Crippen LogP contribution >= 0.6 is 0 Å². The maximum absolute atomic E-state index is 13.3. The van der Waals surface area contributed by atoms with Gasteiger partial charge >= 0.3 is 0 Å². The smallest absolute Gasteiger partial charge is 0.254 e. The molecule has 2 aliphatic rings. The molecular weight excluding hydrogens is 530 g/mol. The lowest BCUT2D eigenvalue weighted by Crippen LogP contribution is -2.45. The second-order valence-electron chi connectivity index (χ2n) is 11.7. The maximum Gasteiger partial charge on any atom is 0.254 e. The van der Waals surface area contributed by atoms with Crippen molar-refractivity contribution in [2.24, 2.45) is 11.7 Å². The van der Waals surface area contributed by atoms with Crippen molar-refractivity contribution in [1.29, 1.82) is 0 Å². The number of fused-ring (bicyclic) bond motifs is 2. The molecule has 2 amide bonds. The number of carbonyl (C=O) groups is 2. The van der Waals surface area contributed by atoms with Crippen molar-refractivity contribution in [1.82, 2.24) is 28.7 Å². The quantitative estimate of drug-likeness (QED) is 0.368. The highest BCUT2D eigenvalue weighted by Gasteiger charge is 2.28. The molecule has 5 heterocycles. The molecule has 0 bridgehead atoms. The molecule has 2 fully saturated rings. The van der Waals surface area contributed by atoms with E-state index in [2.05, 4.69) is 36.6 Å². The summed E-state index contributed by atoms with van der Waals surface area (Å²) in [5, 5.41) is 1.13. The summed E-state index contributed by atoms with van der Waals surface area (Å²) in [7, 11) is 5.09. The van der Waals surface area contributed by atoms with Gasteiger partial charge in [-0.25, -0.2) is 9.97 Å². The van der Waals surface area contributed by atoms with Gasteiger partial charge in [-0.15, -0.1) is 0 Å². The number of rotatable bonds is 6. The van der Waals surface area contributed by atoms with Crippen molar-refractivity contribution in [3.05, 3.63) is 47.3 Å². The Morgan fingerprint density at radius 2 is 1.86 bits per heavy atom. The van der Waals surface area contributed by atoms with Gasteiger partial charge in [0.25, 0.3) is 5.91 Å². The van der Waals surface area contributed by atoms with E-state index < -0.39 is 0 Å². The average Bonchev–Trinajstić information content (AvgIpc) is 3.65. The molecule has 1 saturated carbocycles. The topological polar surface area (TPSA) is 111 Å². The van der Waals surface area contributed by atoms with Crippen LogP contribution in [0.2, 0.25) is 0 Å². The number of pyridine rings is 2. The van der Waals surface area contributed by atoms with Crippen LogP contribution in [0.25, 0.3) is 28.1 Å². The summed E-state index contributed by atoms with van der Waals surface area (Å²) in [6.45, 7) is 7.99. The van der Waals surface area contributed by atoms with Crippen molar-refractivity contribution in [2.75, 3.05) is 34.3 Å². The van der Waals surface area contributed by atoms with Crippen LogP contribution in [0.1, 0.15) is 61.3 Å². The Balaban J connectivity index is 0.000000535. The molecule has 4 aromatic heterocycles. The molecule has 1 aliphatic heterocycles. The van der Waals surface area contributed by atoms with E-state index >= 15 is 0 Å². The number of methoxy groups -OCH3 is 1. The summed E-state index contributed by atoms with van der Waals surface area (Å²) < 4.78 is 10.1. The molecular formula is C32H43N7O3. The van der Waals surface area contributed by atoms with E-state index in [1.54, 1.807) is 21.2 Å². The predicted molar refractivity (Wildman–Crippen MR) is 165 cm³/mol. The van der Waals surface area contributed by atoms with Crippen LogP contribution in [-0.4, -0.2) is 80.9 Å². The molecule has 1 aliphatic carbocycles. The van der Waals surface area contributed by atoms with Crippen molar-refractivity contribution < 1.29 is 14.3 Å². The van der Waals surface area contributed by atoms with Gasteiger partial charge in [0.15, 0.2) is 5.88 Å². The van der Waals surface area contributed by atoms with Gasteiger partial charge in [-0.05, 0) is 69.2 Å². The van der Waals surface area contributed by atoms with Crippen LogP contribution in [0.15, 0.2) is 30.3 Å². The van der Waals surface area contributed by atoms with Crippen LogP contribution in [0.4, 0.5) is 0 Å². The highest BCUT2D eigenvalue weighted by atomic mass is 16.5. The molecule has 6 rings (SSSR count). The molecule has 1 saturated heterocycles. The molecule has 4 aromatic rings. The number of ether oxygens (including phenoxy) is 1. The minimum Gasteiger partial charge on any atom is -0.482 e. The third kappa shape index (κ3) is 5.99. The van der Waals surface area contributed by atoms with E-state index in [0.29, 0.717) is 29.6 Å². The van der Waals surface area contributed by atoms with Gasteiger partial charge < -0.3 is 24.8 Å². The molecule has 10 nitrogen and oxygen atoms in total. The number of carbonyl (C=O) groups excluding carboxylic acids is 2. The summed E-state index contributed by atoms with van der Waals surface area (Å²) in [6.07, 6.45) is 5.31. The van der Waals surface area contributed by atoms with Gasteiger partial charge in [0.2, 0.25) is 5.91 Å². The standard InChI is InChI=1S/C28H34N6O2.C4H9NO/c1-4-22-10-9-19-12-23(33(27(19)30-22)15-18-7-8-18)26-17(2)34-24(31-26)13-20(14-25(34)36-3)28(35)32-11-5-6-21(29)16-32;1-4(6)5(2)3/h9-10,12-14,18,21H,4-8,11,15-16,29H2,1-3H3;1-3H3. The van der Waals surface area contributed by atoms with E-state index in [0.717, 1.165) is 66.2 Å². The Hall–Kier alpha value is -3.92. The van der Waals surface area contributed by atoms with Crippen LogP contribution in [0.5, 0.6) is 5.88 Å². The number of nitrogens with zero attached hydrogens (tertiary/aromatic N) is 6. The SMILES string of the molecule is CC(=O)N(C)C.CCc1ccc2cc(-c3nc4cc(C(=O)N5CCCC(N)C5)cc(OC)n4c3C)n(CC3CC3)c2n1. The first-order chi connectivity index (χ1) is 20.1. The van der Waals surface area contributed by atoms with Gasteiger partial charge in [-0.2, -0.15) is 0 Å². The zero-order valence-electron chi connectivity index (χ0n) is 25.7. The van der Waals surface area contributed by atoms with E-state index in [1.165, 1.54) is 24.7 Å². The third-order valence-electron chi connectivity index (χ3n) is 8.29. The average molecular weight is 574 g/mol. The Kier molecular flexibility index (Phi) is 8.54. The fourth-order valence-electron chi connectivity index (χ4n) is 5.47. The van der Waals surface area contributed by atoms with E-state index in [-0.39, 0.29) is 17.9 Å². The zero-order chi connectivity index (χ0) is 30.1. The number of piperidine rings is 1. The fourth-order valence-corrected chi connectivity index (χ4v) is 5.47. The number of imidazole rings is 1. The Labute approximate surface area is 247 Å². The normalized spacial score (nSPS) is 16.8. The second kappa shape index (κ2) is 12.1. The summed E-state index contributed by atoms with van der Waals surface area (Å²) in [5.74, 6) is 1.37. The number of aromatic nitrogens is 4. The van der Waals surface area contributed by atoms with Gasteiger partial charge in [0.05, 0.1) is 18.5 Å². The lowest BCUT2D eigenvalue weighted by molar-refractivity contribution is -0.126. The Morgan fingerprint density at radius 1 is 1.12 bits per heavy atom. The first kappa shape index (κ1) is 29.6. The summed E-state index contributed by atoms with van der Waals surface area (Å²) >= 11 is 0. The van der Waals surface area contributed by atoms with Gasteiger partial charge in [-0.3, -0.25) is 14.0 Å². The largest absolute Gasteiger partial charge is 0.482 e. The summed E-state index contributed by atoms with van der Waals surface area (Å²) in [6, 6.07) is 10.2. The Morgan fingerprint density at radius 3 is 2.48 bits per heavy atom. The van der Waals surface area contributed by atoms with Crippen molar-refractivity contribution in [3.8, 4) is 17.3 Å².